The molecule has 0 aliphatic heterocycles. The van der Waals surface area contributed by atoms with Gasteiger partial charge in [-0.05, 0) is 92.2 Å². The molecule has 53 heavy (non-hydrogen) atoms. The van der Waals surface area contributed by atoms with Crippen LogP contribution in [-0.4, -0.2) is 85.5 Å². The lowest BCUT2D eigenvalue weighted by molar-refractivity contribution is 0.0512. The highest BCUT2D eigenvalue weighted by molar-refractivity contribution is 6.05. The number of guanidine groups is 1. The standard InChI is InChI=1S/C39H45N7O7/c1-27(40-20-22-52-24-25-53-23-21-41-36(48)30-6-4-3-5-7-30)44-39(46-34-16-18-35(47)19-17-34)45-28(2)43-33-14-12-31(13-15-33)37(49)42-26-29-8-10-32(11-9-29)38(50)51/h3-19,28,43,47H,20-26H2,1-2H3,(H,41,48)(H,42,49)(H,50,51)(H2,40,44,45,46). The number of nitrogens with one attached hydrogen (secondary N) is 5. The fourth-order valence-electron chi connectivity index (χ4n) is 4.75. The van der Waals surface area contributed by atoms with Gasteiger partial charge in [0.05, 0.1) is 44.4 Å². The molecule has 0 spiro atoms. The average molecular weight is 724 g/mol. The number of phenols is 1. The summed E-state index contributed by atoms with van der Waals surface area (Å²) in [6, 6.07) is 28.9. The molecule has 4 aromatic carbocycles. The van der Waals surface area contributed by atoms with Crippen molar-refractivity contribution in [3.8, 4) is 5.75 Å². The van der Waals surface area contributed by atoms with Gasteiger partial charge in [-0.2, -0.15) is 0 Å². The lowest BCUT2D eigenvalue weighted by Crippen LogP contribution is -2.36. The van der Waals surface area contributed by atoms with Crippen LogP contribution in [0.3, 0.4) is 0 Å². The lowest BCUT2D eigenvalue weighted by Gasteiger charge is -2.17. The Balaban J connectivity index is 1.21. The van der Waals surface area contributed by atoms with E-state index in [2.05, 4.69) is 31.6 Å². The summed E-state index contributed by atoms with van der Waals surface area (Å²) >= 11 is 0. The first kappa shape index (κ1) is 39.5. The molecule has 0 saturated carbocycles. The van der Waals surface area contributed by atoms with Crippen molar-refractivity contribution in [1.82, 2.24) is 16.0 Å². The van der Waals surface area contributed by atoms with Gasteiger partial charge in [0.15, 0.2) is 0 Å². The molecule has 0 radical (unpaired) electrons. The first-order chi connectivity index (χ1) is 25.7. The molecule has 1 unspecified atom stereocenters. The number of rotatable bonds is 18. The number of amides is 2. The quantitative estimate of drug-likeness (QED) is 0.0327. The van der Waals surface area contributed by atoms with E-state index in [0.29, 0.717) is 68.1 Å². The van der Waals surface area contributed by atoms with Crippen LogP contribution in [0.2, 0.25) is 0 Å². The third kappa shape index (κ3) is 14.5. The maximum absolute atomic E-state index is 12.7. The SMILES string of the molecule is CC(=NCCOCCOCCNC(=O)c1ccccc1)N/C(=N\C(C)Nc1ccc(C(=O)NCc2ccc(C(=O)O)cc2)cc1)Nc1ccc(O)cc1. The number of ether oxygens (including phenoxy) is 2. The molecule has 4 rings (SSSR count). The molecule has 0 aliphatic rings. The number of anilines is 2. The molecule has 0 fully saturated rings. The minimum absolute atomic E-state index is 0.138. The van der Waals surface area contributed by atoms with Gasteiger partial charge in [-0.25, -0.2) is 9.79 Å². The van der Waals surface area contributed by atoms with Crippen molar-refractivity contribution in [2.24, 2.45) is 9.98 Å². The van der Waals surface area contributed by atoms with Crippen LogP contribution in [-0.2, 0) is 16.0 Å². The van der Waals surface area contributed by atoms with Crippen LogP contribution in [0.25, 0.3) is 0 Å². The summed E-state index contributed by atoms with van der Waals surface area (Å²) in [5, 5.41) is 34.1. The summed E-state index contributed by atoms with van der Waals surface area (Å²) in [6.45, 7) is 6.31. The monoisotopic (exact) mass is 723 g/mol. The Kier molecular flexibility index (Phi) is 15.8. The lowest BCUT2D eigenvalue weighted by atomic mass is 10.1. The fourth-order valence-corrected chi connectivity index (χ4v) is 4.75. The minimum atomic E-state index is -1.00. The third-order valence-electron chi connectivity index (χ3n) is 7.45. The highest BCUT2D eigenvalue weighted by Crippen LogP contribution is 2.15. The van der Waals surface area contributed by atoms with Crippen LogP contribution in [0.5, 0.6) is 5.75 Å². The molecule has 0 bridgehead atoms. The number of hydrogen-bond donors (Lipinski definition) is 7. The first-order valence-electron chi connectivity index (χ1n) is 17.0. The van der Waals surface area contributed by atoms with Gasteiger partial charge in [-0.1, -0.05) is 30.3 Å². The topological polar surface area (TPSA) is 195 Å². The highest BCUT2D eigenvalue weighted by Gasteiger charge is 2.10. The Morgan fingerprint density at radius 2 is 1.32 bits per heavy atom. The Morgan fingerprint density at radius 3 is 2.00 bits per heavy atom. The number of aromatic carboxylic acids is 1. The molecular formula is C39H45N7O7. The third-order valence-corrected chi connectivity index (χ3v) is 7.45. The average Bonchev–Trinajstić information content (AvgIpc) is 3.16. The number of carboxylic acids is 1. The molecule has 7 N–H and O–H groups in total. The smallest absolute Gasteiger partial charge is 0.335 e. The number of aliphatic imine (C=N–C) groups is 2. The molecule has 0 aromatic heterocycles. The van der Waals surface area contributed by atoms with Crippen LogP contribution in [0.1, 0.15) is 50.5 Å². The van der Waals surface area contributed by atoms with E-state index in [1.807, 2.05) is 32.0 Å². The van der Waals surface area contributed by atoms with Crippen molar-refractivity contribution in [3.63, 3.8) is 0 Å². The highest BCUT2D eigenvalue weighted by atomic mass is 16.5. The van der Waals surface area contributed by atoms with E-state index in [4.69, 9.17) is 19.6 Å². The largest absolute Gasteiger partial charge is 0.508 e. The Hall–Kier alpha value is -6.25. The van der Waals surface area contributed by atoms with Crippen LogP contribution >= 0.6 is 0 Å². The number of carboxylic acid groups (broad SMARTS) is 1. The molecule has 0 heterocycles. The number of carbonyl (C=O) groups excluding carboxylic acids is 2. The normalized spacial score (nSPS) is 12.0. The molecular weight excluding hydrogens is 678 g/mol. The number of benzene rings is 4. The number of carbonyl (C=O) groups is 3. The predicted octanol–water partition coefficient (Wildman–Crippen LogP) is 4.72. The van der Waals surface area contributed by atoms with Gasteiger partial charge < -0.3 is 46.3 Å². The van der Waals surface area contributed by atoms with E-state index >= 15 is 0 Å². The van der Waals surface area contributed by atoms with Crippen molar-refractivity contribution in [2.45, 2.75) is 26.6 Å². The second kappa shape index (κ2) is 21.2. The second-order valence-electron chi connectivity index (χ2n) is 11.7. The van der Waals surface area contributed by atoms with Crippen molar-refractivity contribution in [1.29, 1.82) is 0 Å². The van der Waals surface area contributed by atoms with Gasteiger partial charge in [0.25, 0.3) is 11.8 Å². The number of amidine groups is 1. The summed E-state index contributed by atoms with van der Waals surface area (Å²) in [5.41, 5.74) is 3.49. The molecule has 1 atom stereocenters. The molecule has 2 amide bonds. The van der Waals surface area contributed by atoms with Crippen LogP contribution in [0.15, 0.2) is 113 Å². The predicted molar refractivity (Wildman–Crippen MR) is 205 cm³/mol. The summed E-state index contributed by atoms with van der Waals surface area (Å²) in [6.07, 6.45) is -0.404. The molecule has 0 saturated heterocycles. The zero-order chi connectivity index (χ0) is 37.8. The zero-order valence-electron chi connectivity index (χ0n) is 29.7. The van der Waals surface area contributed by atoms with E-state index in [1.165, 1.54) is 12.1 Å². The van der Waals surface area contributed by atoms with Crippen molar-refractivity contribution >= 4 is 41.0 Å². The minimum Gasteiger partial charge on any atom is -0.508 e. The van der Waals surface area contributed by atoms with E-state index in [9.17, 15) is 19.5 Å². The summed E-state index contributed by atoms with van der Waals surface area (Å²) in [4.78, 5) is 45.0. The Morgan fingerprint density at radius 1 is 0.717 bits per heavy atom. The van der Waals surface area contributed by atoms with Crippen LogP contribution < -0.4 is 26.6 Å². The van der Waals surface area contributed by atoms with Gasteiger partial charge in [0, 0.05) is 35.6 Å². The van der Waals surface area contributed by atoms with Crippen molar-refractivity contribution < 1.29 is 34.1 Å². The van der Waals surface area contributed by atoms with Gasteiger partial charge in [0.2, 0.25) is 5.96 Å². The van der Waals surface area contributed by atoms with Crippen LogP contribution in [0, 0.1) is 0 Å². The number of hydrogen-bond acceptors (Lipinski definition) is 9. The summed E-state index contributed by atoms with van der Waals surface area (Å²) < 4.78 is 11.2. The van der Waals surface area contributed by atoms with E-state index in [1.54, 1.807) is 72.8 Å². The number of aromatic hydroxyl groups is 1. The van der Waals surface area contributed by atoms with Gasteiger partial charge in [0.1, 0.15) is 11.9 Å². The first-order valence-corrected chi connectivity index (χ1v) is 17.0. The molecule has 14 nitrogen and oxygen atoms in total. The number of phenolic OH excluding ortho intramolecular Hbond substituents is 1. The summed E-state index contributed by atoms with van der Waals surface area (Å²) in [7, 11) is 0. The molecule has 278 valence electrons. The van der Waals surface area contributed by atoms with Gasteiger partial charge >= 0.3 is 5.97 Å². The maximum atomic E-state index is 12.7. The van der Waals surface area contributed by atoms with E-state index in [0.717, 1.165) is 11.3 Å². The van der Waals surface area contributed by atoms with Gasteiger partial charge in [-0.3, -0.25) is 14.6 Å². The fraction of sp³-hybridized carbons (Fsp3) is 0.256. The van der Waals surface area contributed by atoms with Gasteiger partial charge in [-0.15, -0.1) is 0 Å². The maximum Gasteiger partial charge on any atom is 0.335 e. The van der Waals surface area contributed by atoms with Crippen molar-refractivity contribution in [3.05, 3.63) is 125 Å². The second-order valence-corrected chi connectivity index (χ2v) is 11.7. The molecule has 4 aromatic rings. The Labute approximate surface area is 308 Å². The van der Waals surface area contributed by atoms with E-state index < -0.39 is 12.1 Å². The zero-order valence-corrected chi connectivity index (χ0v) is 29.7. The van der Waals surface area contributed by atoms with Crippen molar-refractivity contribution in [2.75, 3.05) is 50.2 Å². The van der Waals surface area contributed by atoms with Crippen LogP contribution in [0.4, 0.5) is 11.4 Å². The number of nitrogens with zero attached hydrogens (tertiary/aromatic N) is 2. The Bertz CT molecular complexity index is 1820. The molecule has 14 heteroatoms. The molecule has 0 aliphatic carbocycles. The van der Waals surface area contributed by atoms with E-state index in [-0.39, 0.29) is 29.7 Å². The summed E-state index contributed by atoms with van der Waals surface area (Å²) in [5.74, 6) is -0.245.